The first-order valence-electron chi connectivity index (χ1n) is 18.2. The van der Waals surface area contributed by atoms with Gasteiger partial charge in [0.05, 0.1) is 5.92 Å². The third-order valence-electron chi connectivity index (χ3n) is 10.4. The second-order valence-electron chi connectivity index (χ2n) is 14.5. The normalized spacial score (nSPS) is 30.3. The Hall–Kier alpha value is -3.32. The van der Waals surface area contributed by atoms with Crippen molar-refractivity contribution in [1.29, 1.82) is 0 Å². The quantitative estimate of drug-likeness (QED) is 0.0885. The molecule has 1 aliphatic heterocycles. The maximum atomic E-state index is 13.7. The number of aliphatic carboxylic acids is 1. The topological polar surface area (TPSA) is 200 Å². The van der Waals surface area contributed by atoms with Crippen LogP contribution in [-0.4, -0.2) is 86.1 Å². The highest BCUT2D eigenvalue weighted by atomic mass is 16.6. The summed E-state index contributed by atoms with van der Waals surface area (Å²) in [5, 5.41) is 32.5. The highest BCUT2D eigenvalue weighted by Gasteiger charge is 2.75. The number of hydrogen-bond acceptors (Lipinski definition) is 12. The van der Waals surface area contributed by atoms with Crippen LogP contribution in [-0.2, 0) is 47.7 Å². The fourth-order valence-corrected chi connectivity index (χ4v) is 7.66. The van der Waals surface area contributed by atoms with E-state index in [1.807, 2.05) is 0 Å². The van der Waals surface area contributed by atoms with Crippen molar-refractivity contribution in [3.8, 4) is 0 Å². The molecular weight excluding hydrogens is 652 g/mol. The van der Waals surface area contributed by atoms with Gasteiger partial charge in [0.25, 0.3) is 0 Å². The molecule has 2 aliphatic carbocycles. The van der Waals surface area contributed by atoms with Gasteiger partial charge in [-0.15, -0.1) is 0 Å². The zero-order chi connectivity index (χ0) is 37.3. The summed E-state index contributed by atoms with van der Waals surface area (Å²) in [4.78, 5) is 76.2. The lowest BCUT2D eigenvalue weighted by Crippen LogP contribution is -2.64. The standard InChI is InChI=1S/C37H56O13/c1-6-7-8-13-17-21-28(42)48-32-30-29(23(2)31(32)43)33-37(46,36(5,45)34(44)49-33)25(22-35(30,4)50-24(3)38)47-27(41)20-18-15-12-10-9-11-14-16-19-26(39)40/h25,30,32-33,45-46H,6-22H2,1-5H3,(H,39,40)/t25-,30-,32+,33+,35+,36-,37-/m1/s1. The van der Waals surface area contributed by atoms with Crippen LogP contribution in [0.3, 0.4) is 0 Å². The summed E-state index contributed by atoms with van der Waals surface area (Å²) in [5.74, 6) is -5.90. The van der Waals surface area contributed by atoms with Gasteiger partial charge < -0.3 is 34.3 Å². The Morgan fingerprint density at radius 3 is 1.82 bits per heavy atom. The first kappa shape index (κ1) is 41.1. The predicted molar refractivity (Wildman–Crippen MR) is 178 cm³/mol. The van der Waals surface area contributed by atoms with E-state index in [0.717, 1.165) is 71.6 Å². The molecule has 0 aromatic heterocycles. The SMILES string of the molecule is CCCCCCCC(=O)O[C@@H]1C(=O)C(C)=C2[C@H]1[C@@](C)(OC(C)=O)C[C@@H](OC(=O)CCCCCCCCCCC(=O)O)[C@@]1(O)[C@H]2OC(=O)[C@@]1(C)O. The van der Waals surface area contributed by atoms with Crippen LogP contribution in [0.1, 0.15) is 144 Å². The van der Waals surface area contributed by atoms with E-state index in [-0.39, 0.29) is 30.4 Å². The molecular formula is C37H56O13. The van der Waals surface area contributed by atoms with Gasteiger partial charge in [-0.05, 0) is 51.2 Å². The molecule has 282 valence electrons. The van der Waals surface area contributed by atoms with Gasteiger partial charge in [0.15, 0.2) is 29.2 Å². The van der Waals surface area contributed by atoms with Crippen LogP contribution >= 0.6 is 0 Å². The molecule has 0 bridgehead atoms. The highest BCUT2D eigenvalue weighted by molar-refractivity contribution is 6.04. The number of unbranched alkanes of at least 4 members (excludes halogenated alkanes) is 11. The second kappa shape index (κ2) is 17.7. The zero-order valence-corrected chi connectivity index (χ0v) is 30.3. The molecule has 0 amide bonds. The molecule has 7 atom stereocenters. The van der Waals surface area contributed by atoms with E-state index in [0.29, 0.717) is 25.7 Å². The van der Waals surface area contributed by atoms with Crippen LogP contribution in [0.4, 0.5) is 0 Å². The van der Waals surface area contributed by atoms with Gasteiger partial charge >= 0.3 is 29.8 Å². The van der Waals surface area contributed by atoms with Gasteiger partial charge in [0.1, 0.15) is 11.7 Å². The Morgan fingerprint density at radius 1 is 0.800 bits per heavy atom. The molecule has 3 N–H and O–H groups in total. The van der Waals surface area contributed by atoms with E-state index in [2.05, 4.69) is 6.92 Å². The molecule has 1 saturated heterocycles. The fourth-order valence-electron chi connectivity index (χ4n) is 7.66. The van der Waals surface area contributed by atoms with Crippen molar-refractivity contribution < 1.29 is 63.0 Å². The maximum absolute atomic E-state index is 13.7. The van der Waals surface area contributed by atoms with Crippen LogP contribution < -0.4 is 0 Å². The van der Waals surface area contributed by atoms with Gasteiger partial charge in [-0.2, -0.15) is 0 Å². The van der Waals surface area contributed by atoms with E-state index in [9.17, 15) is 39.0 Å². The summed E-state index contributed by atoms with van der Waals surface area (Å²) >= 11 is 0. The van der Waals surface area contributed by atoms with Crippen LogP contribution in [0.25, 0.3) is 0 Å². The summed E-state index contributed by atoms with van der Waals surface area (Å²) in [5.41, 5.74) is -6.83. The molecule has 2 fully saturated rings. The largest absolute Gasteiger partial charge is 0.481 e. The van der Waals surface area contributed by atoms with Crippen molar-refractivity contribution in [3.63, 3.8) is 0 Å². The molecule has 13 heteroatoms. The summed E-state index contributed by atoms with van der Waals surface area (Å²) < 4.78 is 23.0. The first-order chi connectivity index (χ1) is 23.5. The van der Waals surface area contributed by atoms with Crippen molar-refractivity contribution in [2.75, 3.05) is 0 Å². The number of aliphatic hydroxyl groups is 2. The second-order valence-corrected chi connectivity index (χ2v) is 14.5. The van der Waals surface area contributed by atoms with Crippen LogP contribution in [0.15, 0.2) is 11.1 Å². The number of carbonyl (C=O) groups is 6. The third kappa shape index (κ3) is 9.31. The van der Waals surface area contributed by atoms with E-state index in [1.54, 1.807) is 0 Å². The minimum Gasteiger partial charge on any atom is -0.481 e. The van der Waals surface area contributed by atoms with E-state index in [1.165, 1.54) is 13.8 Å². The van der Waals surface area contributed by atoms with Crippen LogP contribution in [0.2, 0.25) is 0 Å². The van der Waals surface area contributed by atoms with Crippen molar-refractivity contribution in [1.82, 2.24) is 0 Å². The van der Waals surface area contributed by atoms with Crippen molar-refractivity contribution in [2.45, 2.75) is 179 Å². The number of Topliss-reactive ketones (excluding diaryl/α,β-unsaturated/α-hetero) is 1. The number of rotatable bonds is 20. The zero-order valence-electron chi connectivity index (χ0n) is 30.3. The summed E-state index contributed by atoms with van der Waals surface area (Å²) in [6, 6.07) is 0. The van der Waals surface area contributed by atoms with E-state index < -0.39 is 83.1 Å². The molecule has 0 spiro atoms. The molecule has 13 nitrogen and oxygen atoms in total. The molecule has 0 radical (unpaired) electrons. The highest BCUT2D eigenvalue weighted by Crippen LogP contribution is 2.56. The molecule has 0 unspecified atom stereocenters. The molecule has 3 rings (SSSR count). The minimum absolute atomic E-state index is 0.0249. The number of carboxylic acid groups (broad SMARTS) is 1. The molecule has 1 heterocycles. The predicted octanol–water partition coefficient (Wildman–Crippen LogP) is 4.80. The average Bonchev–Trinajstić information content (AvgIpc) is 3.34. The summed E-state index contributed by atoms with van der Waals surface area (Å²) in [6.45, 7) is 7.20. The lowest BCUT2D eigenvalue weighted by Gasteiger charge is -2.41. The van der Waals surface area contributed by atoms with Crippen molar-refractivity contribution in [2.24, 2.45) is 5.92 Å². The molecule has 0 aromatic rings. The van der Waals surface area contributed by atoms with Gasteiger partial charge in [0, 0.05) is 32.6 Å². The van der Waals surface area contributed by atoms with Gasteiger partial charge in [-0.1, -0.05) is 71.1 Å². The number of carbonyl (C=O) groups excluding carboxylic acids is 5. The maximum Gasteiger partial charge on any atom is 0.341 e. The number of esters is 4. The van der Waals surface area contributed by atoms with E-state index in [4.69, 9.17) is 24.1 Å². The molecule has 1 saturated carbocycles. The summed E-state index contributed by atoms with van der Waals surface area (Å²) in [7, 11) is 0. The van der Waals surface area contributed by atoms with Crippen molar-refractivity contribution >= 4 is 35.6 Å². The lowest BCUT2D eigenvalue weighted by molar-refractivity contribution is -0.211. The number of hydrogen-bond donors (Lipinski definition) is 3. The first-order valence-corrected chi connectivity index (χ1v) is 18.2. The van der Waals surface area contributed by atoms with Gasteiger partial charge in [0.2, 0.25) is 0 Å². The monoisotopic (exact) mass is 708 g/mol. The molecule has 3 aliphatic rings. The number of fused-ring (bicyclic) bond motifs is 3. The average molecular weight is 709 g/mol. The van der Waals surface area contributed by atoms with E-state index >= 15 is 0 Å². The minimum atomic E-state index is -2.59. The Labute approximate surface area is 294 Å². The number of ether oxygens (including phenoxy) is 4. The van der Waals surface area contributed by atoms with Gasteiger partial charge in [-0.25, -0.2) is 4.79 Å². The smallest absolute Gasteiger partial charge is 0.341 e. The Balaban J connectivity index is 1.81. The Morgan fingerprint density at radius 2 is 1.30 bits per heavy atom. The Bertz CT molecular complexity index is 1300. The molecule has 0 aromatic carbocycles. The fraction of sp³-hybridized carbons (Fsp3) is 0.784. The van der Waals surface area contributed by atoms with Crippen molar-refractivity contribution in [3.05, 3.63) is 11.1 Å². The Kier molecular flexibility index (Phi) is 14.6. The van der Waals surface area contributed by atoms with Crippen LogP contribution in [0.5, 0.6) is 0 Å². The third-order valence-corrected chi connectivity index (χ3v) is 10.4. The van der Waals surface area contributed by atoms with Gasteiger partial charge in [-0.3, -0.25) is 24.0 Å². The van der Waals surface area contributed by atoms with Crippen LogP contribution in [0, 0.1) is 5.92 Å². The lowest BCUT2D eigenvalue weighted by atomic mass is 9.75. The number of ketones is 1. The number of carboxylic acids is 1. The summed E-state index contributed by atoms with van der Waals surface area (Å²) in [6.07, 6.45) is 5.68. The molecule has 50 heavy (non-hydrogen) atoms.